The summed E-state index contributed by atoms with van der Waals surface area (Å²) in [7, 11) is 0. The lowest BCUT2D eigenvalue weighted by Gasteiger charge is -2.05. The van der Waals surface area contributed by atoms with Crippen LogP contribution in [-0.2, 0) is 19.1 Å². The average Bonchev–Trinajstić information content (AvgIpc) is 2.46. The normalized spacial score (nSPS) is 10.2. The molecule has 0 amide bonds. The van der Waals surface area contributed by atoms with Crippen LogP contribution in [0.2, 0.25) is 0 Å². The van der Waals surface area contributed by atoms with Gasteiger partial charge in [-0.2, -0.15) is 0 Å². The zero-order valence-corrected chi connectivity index (χ0v) is 14.6. The van der Waals surface area contributed by atoms with Crippen molar-refractivity contribution in [2.45, 2.75) is 58.3 Å². The quantitative estimate of drug-likeness (QED) is 0.213. The minimum atomic E-state index is -0.330. The van der Waals surface area contributed by atoms with E-state index in [0.717, 1.165) is 50.3 Å². The van der Waals surface area contributed by atoms with Crippen LogP contribution >= 0.6 is 15.9 Å². The number of hydrogen-bond donors (Lipinski definition) is 0. The van der Waals surface area contributed by atoms with Gasteiger partial charge in [-0.25, -0.2) is 4.79 Å². The Bertz CT molecular complexity index is 315. The molecule has 0 rings (SSSR count). The molecule has 0 aliphatic carbocycles. The molecule has 0 atom stereocenters. The maximum Gasteiger partial charge on any atom is 0.333 e. The lowest BCUT2D eigenvalue weighted by atomic mass is 10.2. The summed E-state index contributed by atoms with van der Waals surface area (Å²) in [6, 6.07) is 0. The SMILES string of the molecule is C=C(C)C(=O)OCCCCCCOC(=O)CCCCCBr. The standard InChI is InChI=1S/C16H27BrO4/c1-14(2)16(19)21-13-9-4-3-8-12-20-15(18)10-6-5-7-11-17/h1,3-13H2,2H3. The third-order valence-electron chi connectivity index (χ3n) is 2.90. The van der Waals surface area contributed by atoms with Gasteiger partial charge >= 0.3 is 11.9 Å². The first-order valence-electron chi connectivity index (χ1n) is 7.62. The summed E-state index contributed by atoms with van der Waals surface area (Å²) in [5, 5.41) is 0.990. The van der Waals surface area contributed by atoms with E-state index in [-0.39, 0.29) is 11.9 Å². The Balaban J connectivity index is 3.26. The summed E-state index contributed by atoms with van der Waals surface area (Å²) in [6.45, 7) is 6.07. The van der Waals surface area contributed by atoms with Gasteiger partial charge in [0.1, 0.15) is 0 Å². The van der Waals surface area contributed by atoms with E-state index in [4.69, 9.17) is 9.47 Å². The van der Waals surface area contributed by atoms with Crippen molar-refractivity contribution in [1.82, 2.24) is 0 Å². The van der Waals surface area contributed by atoms with E-state index in [1.54, 1.807) is 6.92 Å². The smallest absolute Gasteiger partial charge is 0.333 e. The predicted molar refractivity (Wildman–Crippen MR) is 87.5 cm³/mol. The predicted octanol–water partition coefficient (Wildman–Crippen LogP) is 4.16. The van der Waals surface area contributed by atoms with Crippen LogP contribution in [0.15, 0.2) is 12.2 Å². The van der Waals surface area contributed by atoms with Crippen molar-refractivity contribution < 1.29 is 19.1 Å². The molecule has 0 bridgehead atoms. The molecular formula is C16H27BrO4. The minimum Gasteiger partial charge on any atom is -0.466 e. The molecule has 0 aromatic heterocycles. The van der Waals surface area contributed by atoms with E-state index in [9.17, 15) is 9.59 Å². The van der Waals surface area contributed by atoms with Gasteiger partial charge in [0.15, 0.2) is 0 Å². The second-order valence-electron chi connectivity index (χ2n) is 5.05. The molecule has 0 N–H and O–H groups in total. The van der Waals surface area contributed by atoms with Gasteiger partial charge in [-0.3, -0.25) is 4.79 Å². The van der Waals surface area contributed by atoms with E-state index in [1.165, 1.54) is 0 Å². The highest BCUT2D eigenvalue weighted by Crippen LogP contribution is 2.05. The van der Waals surface area contributed by atoms with Gasteiger partial charge in [-0.15, -0.1) is 0 Å². The van der Waals surface area contributed by atoms with E-state index in [1.807, 2.05) is 0 Å². The summed E-state index contributed by atoms with van der Waals surface area (Å²) in [6.07, 6.45) is 7.21. The van der Waals surface area contributed by atoms with Crippen molar-refractivity contribution in [3.05, 3.63) is 12.2 Å². The fraction of sp³-hybridized carbons (Fsp3) is 0.750. The third-order valence-corrected chi connectivity index (χ3v) is 3.46. The molecule has 5 heteroatoms. The van der Waals surface area contributed by atoms with E-state index in [0.29, 0.717) is 25.2 Å². The van der Waals surface area contributed by atoms with Gasteiger partial charge in [0, 0.05) is 17.3 Å². The molecule has 0 heterocycles. The zero-order chi connectivity index (χ0) is 15.9. The van der Waals surface area contributed by atoms with Crippen molar-refractivity contribution in [2.24, 2.45) is 0 Å². The molecule has 0 fully saturated rings. The molecule has 0 aliphatic rings. The Morgan fingerprint density at radius 1 is 0.905 bits per heavy atom. The fourth-order valence-corrected chi connectivity index (χ4v) is 2.04. The highest BCUT2D eigenvalue weighted by Gasteiger charge is 2.03. The van der Waals surface area contributed by atoms with E-state index < -0.39 is 0 Å². The van der Waals surface area contributed by atoms with Crippen LogP contribution in [0, 0.1) is 0 Å². The number of ether oxygens (including phenoxy) is 2. The van der Waals surface area contributed by atoms with Crippen molar-refractivity contribution in [3.8, 4) is 0 Å². The van der Waals surface area contributed by atoms with Gasteiger partial charge in [0.25, 0.3) is 0 Å². The number of halogens is 1. The van der Waals surface area contributed by atoms with Gasteiger partial charge in [0.05, 0.1) is 13.2 Å². The molecule has 122 valence electrons. The average molecular weight is 363 g/mol. The van der Waals surface area contributed by atoms with E-state index >= 15 is 0 Å². The molecule has 0 aromatic carbocycles. The zero-order valence-electron chi connectivity index (χ0n) is 13.0. The number of unbranched alkanes of at least 4 members (excludes halogenated alkanes) is 5. The van der Waals surface area contributed by atoms with Crippen LogP contribution < -0.4 is 0 Å². The molecule has 21 heavy (non-hydrogen) atoms. The van der Waals surface area contributed by atoms with Crippen LogP contribution in [0.25, 0.3) is 0 Å². The molecule has 0 aromatic rings. The highest BCUT2D eigenvalue weighted by atomic mass is 79.9. The number of alkyl halides is 1. The monoisotopic (exact) mass is 362 g/mol. The van der Waals surface area contributed by atoms with Crippen molar-refractivity contribution in [3.63, 3.8) is 0 Å². The number of rotatable bonds is 13. The molecule has 0 radical (unpaired) electrons. The summed E-state index contributed by atoms with van der Waals surface area (Å²) < 4.78 is 10.1. The third kappa shape index (κ3) is 13.9. The Kier molecular flexibility index (Phi) is 13.5. The van der Waals surface area contributed by atoms with Gasteiger partial charge in [0.2, 0.25) is 0 Å². The summed E-state index contributed by atoms with van der Waals surface area (Å²) in [5.74, 6) is -0.427. The second-order valence-corrected chi connectivity index (χ2v) is 5.84. The number of hydrogen-bond acceptors (Lipinski definition) is 4. The Hall–Kier alpha value is -0.840. The number of carbonyl (C=O) groups is 2. The molecule has 0 unspecified atom stereocenters. The van der Waals surface area contributed by atoms with Crippen LogP contribution in [0.4, 0.5) is 0 Å². The Morgan fingerprint density at radius 3 is 2.05 bits per heavy atom. The molecule has 0 aliphatic heterocycles. The second kappa shape index (κ2) is 14.1. The Morgan fingerprint density at radius 2 is 1.48 bits per heavy atom. The topological polar surface area (TPSA) is 52.6 Å². The number of carbonyl (C=O) groups excluding carboxylic acids is 2. The molecule has 0 spiro atoms. The maximum absolute atomic E-state index is 11.4. The van der Waals surface area contributed by atoms with E-state index in [2.05, 4.69) is 22.5 Å². The minimum absolute atomic E-state index is 0.0973. The lowest BCUT2D eigenvalue weighted by Crippen LogP contribution is -2.07. The van der Waals surface area contributed by atoms with Gasteiger partial charge in [-0.1, -0.05) is 28.9 Å². The summed E-state index contributed by atoms with van der Waals surface area (Å²) >= 11 is 3.36. The first kappa shape index (κ1) is 20.2. The first-order valence-corrected chi connectivity index (χ1v) is 8.74. The molecular weight excluding hydrogens is 336 g/mol. The van der Waals surface area contributed by atoms with Gasteiger partial charge < -0.3 is 9.47 Å². The largest absolute Gasteiger partial charge is 0.466 e. The van der Waals surface area contributed by atoms with Crippen LogP contribution in [0.1, 0.15) is 58.3 Å². The summed E-state index contributed by atoms with van der Waals surface area (Å²) in [4.78, 5) is 22.5. The van der Waals surface area contributed by atoms with Gasteiger partial charge in [-0.05, 0) is 45.4 Å². The Labute approximate surface area is 136 Å². The highest BCUT2D eigenvalue weighted by molar-refractivity contribution is 9.09. The molecule has 4 nitrogen and oxygen atoms in total. The molecule has 0 saturated heterocycles. The van der Waals surface area contributed by atoms with Crippen LogP contribution in [0.5, 0.6) is 0 Å². The molecule has 0 saturated carbocycles. The lowest BCUT2D eigenvalue weighted by molar-refractivity contribution is -0.144. The van der Waals surface area contributed by atoms with Crippen molar-refractivity contribution >= 4 is 27.9 Å². The van der Waals surface area contributed by atoms with Crippen molar-refractivity contribution in [2.75, 3.05) is 18.5 Å². The maximum atomic E-state index is 11.4. The number of esters is 2. The van der Waals surface area contributed by atoms with Crippen molar-refractivity contribution in [1.29, 1.82) is 0 Å². The summed E-state index contributed by atoms with van der Waals surface area (Å²) in [5.41, 5.74) is 0.429. The first-order chi connectivity index (χ1) is 10.1. The fourth-order valence-electron chi connectivity index (χ4n) is 1.64. The van der Waals surface area contributed by atoms with Crippen LogP contribution in [-0.4, -0.2) is 30.5 Å². The van der Waals surface area contributed by atoms with Crippen LogP contribution in [0.3, 0.4) is 0 Å².